The Balaban J connectivity index is 1.16. The molecular weight excluding hydrogens is 394 g/mol. The van der Waals surface area contributed by atoms with E-state index in [1.807, 2.05) is 6.07 Å². The van der Waals surface area contributed by atoms with Gasteiger partial charge in [-0.3, -0.25) is 9.80 Å². The number of hydrogen-bond donors (Lipinski definition) is 1. The highest BCUT2D eigenvalue weighted by Gasteiger charge is 2.20. The first kappa shape index (κ1) is 21.0. The van der Waals surface area contributed by atoms with E-state index in [1.54, 1.807) is 0 Å². The van der Waals surface area contributed by atoms with E-state index in [0.29, 0.717) is 13.1 Å². The Hall–Kier alpha value is -2.92. The van der Waals surface area contributed by atoms with Crippen LogP contribution in [0.15, 0.2) is 84.9 Å². The lowest BCUT2D eigenvalue weighted by molar-refractivity contribution is 0.0688. The Morgan fingerprint density at radius 2 is 1.25 bits per heavy atom. The Morgan fingerprint density at radius 1 is 0.688 bits per heavy atom. The molecule has 0 amide bonds. The molecule has 1 aliphatic heterocycles. The van der Waals surface area contributed by atoms with Gasteiger partial charge in [-0.25, -0.2) is 0 Å². The molecule has 4 nitrogen and oxygen atoms in total. The van der Waals surface area contributed by atoms with Crippen LogP contribution in [0.25, 0.3) is 27.9 Å². The summed E-state index contributed by atoms with van der Waals surface area (Å²) in [5, 5.41) is 13.5. The molecule has 3 aromatic carbocycles. The number of rotatable bonds is 7. The summed E-state index contributed by atoms with van der Waals surface area (Å²) in [6, 6.07) is 27.4. The Morgan fingerprint density at radius 3 is 1.91 bits per heavy atom. The van der Waals surface area contributed by atoms with Gasteiger partial charge in [0.15, 0.2) is 0 Å². The van der Waals surface area contributed by atoms with E-state index in [9.17, 15) is 5.11 Å². The van der Waals surface area contributed by atoms with Gasteiger partial charge in [0.2, 0.25) is 0 Å². The first-order valence-corrected chi connectivity index (χ1v) is 11.6. The van der Waals surface area contributed by atoms with Crippen LogP contribution in [0.5, 0.6) is 0 Å². The second kappa shape index (κ2) is 9.70. The third kappa shape index (κ3) is 4.63. The maximum Gasteiger partial charge on any atom is 0.0845 e. The van der Waals surface area contributed by atoms with E-state index in [2.05, 4.69) is 99.3 Å². The van der Waals surface area contributed by atoms with Crippen molar-refractivity contribution in [2.45, 2.75) is 12.6 Å². The molecule has 0 bridgehead atoms. The predicted molar refractivity (Wildman–Crippen MR) is 134 cm³/mol. The number of nitrogens with zero attached hydrogens (tertiary/aromatic N) is 3. The van der Waals surface area contributed by atoms with Crippen molar-refractivity contribution in [1.29, 1.82) is 0 Å². The zero-order valence-electron chi connectivity index (χ0n) is 18.5. The third-order valence-electron chi connectivity index (χ3n) is 6.48. The van der Waals surface area contributed by atoms with Crippen molar-refractivity contribution in [3.63, 3.8) is 0 Å². The van der Waals surface area contributed by atoms with Crippen LogP contribution in [0.2, 0.25) is 0 Å². The molecule has 1 aromatic heterocycles. The van der Waals surface area contributed by atoms with E-state index in [0.717, 1.165) is 32.7 Å². The number of para-hydroxylation sites is 2. The number of aliphatic hydroxyl groups is 1. The summed E-state index contributed by atoms with van der Waals surface area (Å²) in [6.07, 6.45) is 4.06. The Labute approximate surface area is 190 Å². The standard InChI is InChI=1S/C28H31N3O/c32-24(22-31-27-14-6-4-12-25(27)26-13-5-7-15-28(26)31)21-30-19-17-29(18-20-30)16-8-11-23-9-2-1-3-10-23/h1-15,24,32H,16-22H2/b11-8+. The lowest BCUT2D eigenvalue weighted by Crippen LogP contribution is -2.48. The molecule has 1 atom stereocenters. The van der Waals surface area contributed by atoms with Crippen LogP contribution in [0.1, 0.15) is 5.56 Å². The SMILES string of the molecule is OC(CN1CCN(C/C=C/c2ccccc2)CC1)Cn1c2ccccc2c2ccccc21. The van der Waals surface area contributed by atoms with E-state index < -0.39 is 6.10 Å². The van der Waals surface area contributed by atoms with Crippen molar-refractivity contribution in [1.82, 2.24) is 14.4 Å². The second-order valence-electron chi connectivity index (χ2n) is 8.71. The van der Waals surface area contributed by atoms with Gasteiger partial charge in [0.25, 0.3) is 0 Å². The average molecular weight is 426 g/mol. The second-order valence-corrected chi connectivity index (χ2v) is 8.71. The number of aromatic nitrogens is 1. The highest BCUT2D eigenvalue weighted by molar-refractivity contribution is 6.07. The Bertz CT molecular complexity index is 1140. The molecule has 1 unspecified atom stereocenters. The minimum Gasteiger partial charge on any atom is -0.390 e. The minimum absolute atomic E-state index is 0.390. The fourth-order valence-corrected chi connectivity index (χ4v) is 4.82. The molecule has 0 spiro atoms. The van der Waals surface area contributed by atoms with Gasteiger partial charge in [-0.15, -0.1) is 0 Å². The van der Waals surface area contributed by atoms with Crippen molar-refractivity contribution in [2.24, 2.45) is 0 Å². The van der Waals surface area contributed by atoms with Gasteiger partial charge < -0.3 is 9.67 Å². The smallest absolute Gasteiger partial charge is 0.0845 e. The fraction of sp³-hybridized carbons (Fsp3) is 0.286. The van der Waals surface area contributed by atoms with Gasteiger partial charge >= 0.3 is 0 Å². The summed E-state index contributed by atoms with van der Waals surface area (Å²) in [5.41, 5.74) is 3.64. The molecule has 1 fully saturated rings. The van der Waals surface area contributed by atoms with Crippen LogP contribution in [0.4, 0.5) is 0 Å². The molecular formula is C28H31N3O. The Kier molecular flexibility index (Phi) is 6.35. The zero-order chi connectivity index (χ0) is 21.8. The largest absolute Gasteiger partial charge is 0.390 e. The molecule has 1 saturated heterocycles. The fourth-order valence-electron chi connectivity index (χ4n) is 4.82. The normalized spacial score (nSPS) is 16.9. The molecule has 4 heteroatoms. The lowest BCUT2D eigenvalue weighted by Gasteiger charge is -2.35. The highest BCUT2D eigenvalue weighted by atomic mass is 16.3. The van der Waals surface area contributed by atoms with Gasteiger partial charge in [-0.05, 0) is 17.7 Å². The van der Waals surface area contributed by atoms with Crippen LogP contribution in [-0.4, -0.2) is 64.8 Å². The van der Waals surface area contributed by atoms with Crippen LogP contribution in [0.3, 0.4) is 0 Å². The van der Waals surface area contributed by atoms with Gasteiger partial charge in [-0.1, -0.05) is 78.9 Å². The monoisotopic (exact) mass is 425 g/mol. The molecule has 1 N–H and O–H groups in total. The number of fused-ring (bicyclic) bond motifs is 3. The summed E-state index contributed by atoms with van der Waals surface area (Å²) in [6.45, 7) is 6.41. The van der Waals surface area contributed by atoms with E-state index in [-0.39, 0.29) is 0 Å². The van der Waals surface area contributed by atoms with Crippen LogP contribution >= 0.6 is 0 Å². The van der Waals surface area contributed by atoms with Crippen molar-refractivity contribution in [3.8, 4) is 0 Å². The van der Waals surface area contributed by atoms with Crippen molar-refractivity contribution >= 4 is 27.9 Å². The molecule has 0 saturated carbocycles. The van der Waals surface area contributed by atoms with Gasteiger partial charge in [0.1, 0.15) is 0 Å². The molecule has 32 heavy (non-hydrogen) atoms. The molecule has 0 aliphatic carbocycles. The quantitative estimate of drug-likeness (QED) is 0.474. The molecule has 4 aromatic rings. The summed E-state index contributed by atoms with van der Waals surface area (Å²) in [7, 11) is 0. The number of hydrogen-bond acceptors (Lipinski definition) is 3. The highest BCUT2D eigenvalue weighted by Crippen LogP contribution is 2.28. The average Bonchev–Trinajstić information content (AvgIpc) is 3.15. The zero-order valence-corrected chi connectivity index (χ0v) is 18.5. The molecule has 0 radical (unpaired) electrons. The summed E-state index contributed by atoms with van der Waals surface area (Å²) >= 11 is 0. The molecule has 5 rings (SSSR count). The van der Waals surface area contributed by atoms with E-state index in [4.69, 9.17) is 0 Å². The third-order valence-corrected chi connectivity index (χ3v) is 6.48. The maximum absolute atomic E-state index is 10.9. The summed E-state index contributed by atoms with van der Waals surface area (Å²) < 4.78 is 2.28. The number of piperazine rings is 1. The van der Waals surface area contributed by atoms with Crippen molar-refractivity contribution in [2.75, 3.05) is 39.3 Å². The van der Waals surface area contributed by atoms with E-state index in [1.165, 1.54) is 27.4 Å². The van der Waals surface area contributed by atoms with Crippen LogP contribution in [-0.2, 0) is 6.54 Å². The maximum atomic E-state index is 10.9. The summed E-state index contributed by atoms with van der Waals surface area (Å²) in [5.74, 6) is 0. The summed E-state index contributed by atoms with van der Waals surface area (Å²) in [4.78, 5) is 4.88. The predicted octanol–water partition coefficient (Wildman–Crippen LogP) is 4.49. The minimum atomic E-state index is -0.390. The van der Waals surface area contributed by atoms with Crippen molar-refractivity contribution in [3.05, 3.63) is 90.5 Å². The molecule has 1 aliphatic rings. The van der Waals surface area contributed by atoms with Crippen LogP contribution < -0.4 is 0 Å². The number of β-amino-alcohol motifs (C(OH)–C–C–N with tert-alkyl or cyclic N) is 1. The van der Waals surface area contributed by atoms with Gasteiger partial charge in [-0.2, -0.15) is 0 Å². The van der Waals surface area contributed by atoms with Crippen molar-refractivity contribution < 1.29 is 5.11 Å². The molecule has 164 valence electrons. The lowest BCUT2D eigenvalue weighted by atomic mass is 10.2. The van der Waals surface area contributed by atoms with Gasteiger partial charge in [0.05, 0.1) is 12.6 Å². The number of benzene rings is 3. The first-order valence-electron chi connectivity index (χ1n) is 11.6. The molecule has 2 heterocycles. The first-order chi connectivity index (χ1) is 15.8. The van der Waals surface area contributed by atoms with Crippen LogP contribution in [0, 0.1) is 0 Å². The number of aliphatic hydroxyl groups excluding tert-OH is 1. The van der Waals surface area contributed by atoms with E-state index >= 15 is 0 Å². The van der Waals surface area contributed by atoms with Gasteiger partial charge in [0, 0.05) is 61.1 Å². The topological polar surface area (TPSA) is 31.6 Å².